The highest BCUT2D eigenvalue weighted by Gasteiger charge is 2.61. The summed E-state index contributed by atoms with van der Waals surface area (Å²) in [5.41, 5.74) is 1.43. The molecule has 11 nitrogen and oxygen atoms in total. The smallest absolute Gasteiger partial charge is 0.408 e. The van der Waals surface area contributed by atoms with Crippen molar-refractivity contribution in [1.82, 2.24) is 15.5 Å². The highest BCUT2D eigenvalue weighted by atomic mass is 16.6. The van der Waals surface area contributed by atoms with Gasteiger partial charge in [-0.2, -0.15) is 0 Å². The van der Waals surface area contributed by atoms with Crippen molar-refractivity contribution in [3.8, 4) is 11.1 Å². The van der Waals surface area contributed by atoms with E-state index in [0.29, 0.717) is 12.8 Å². The first-order chi connectivity index (χ1) is 23.3. The number of alkyl carbamates (subject to hydrolysis) is 1. The number of aliphatic carboxylic acids is 1. The topological polar surface area (TPSA) is 147 Å². The average molecular weight is 657 g/mol. The van der Waals surface area contributed by atoms with Gasteiger partial charge in [-0.1, -0.05) is 84.7 Å². The van der Waals surface area contributed by atoms with Gasteiger partial charge in [-0.3, -0.25) is 9.59 Å². The maximum absolute atomic E-state index is 14.2. The summed E-state index contributed by atoms with van der Waals surface area (Å²) in [5, 5.41) is 19.9. The molecule has 0 aromatic heterocycles. The minimum atomic E-state index is -1.41. The lowest BCUT2D eigenvalue weighted by atomic mass is 10.0. The maximum atomic E-state index is 14.2. The van der Waals surface area contributed by atoms with Gasteiger partial charge in [-0.05, 0) is 62.5 Å². The van der Waals surface area contributed by atoms with Gasteiger partial charge in [0, 0.05) is 17.9 Å². The van der Waals surface area contributed by atoms with Gasteiger partial charge in [-0.15, -0.1) is 0 Å². The fourth-order valence-electron chi connectivity index (χ4n) is 7.14. The molecule has 1 saturated heterocycles. The third kappa shape index (κ3) is 7.72. The number of oxime groups is 1. The molecule has 2 saturated carbocycles. The Kier molecular flexibility index (Phi) is 10.4. The zero-order valence-corrected chi connectivity index (χ0v) is 27.1. The second kappa shape index (κ2) is 15.0. The molecule has 4 aliphatic rings. The van der Waals surface area contributed by atoms with Crippen LogP contribution in [0.5, 0.6) is 0 Å². The molecule has 3 fully saturated rings. The van der Waals surface area contributed by atoms with E-state index < -0.39 is 47.6 Å². The van der Waals surface area contributed by atoms with Gasteiger partial charge in [0.15, 0.2) is 0 Å². The van der Waals surface area contributed by atoms with Crippen LogP contribution in [0, 0.1) is 5.92 Å². The Hall–Kier alpha value is -4.67. The van der Waals surface area contributed by atoms with E-state index in [0.717, 1.165) is 61.6 Å². The number of carboxylic acids is 1. The molecule has 5 atom stereocenters. The van der Waals surface area contributed by atoms with Crippen LogP contribution in [-0.2, 0) is 24.0 Å². The number of nitrogens with zero attached hydrogens (tertiary/aromatic N) is 2. The third-order valence-electron chi connectivity index (χ3n) is 9.94. The van der Waals surface area contributed by atoms with Crippen molar-refractivity contribution < 1.29 is 33.9 Å². The van der Waals surface area contributed by atoms with Crippen molar-refractivity contribution in [2.45, 2.75) is 100 Å². The minimum absolute atomic E-state index is 0.0495. The lowest BCUT2D eigenvalue weighted by Crippen LogP contribution is -2.56. The molecular formula is C37H44N4O7. The molecule has 11 heteroatoms. The fraction of sp³-hybridized carbons (Fsp3) is 0.486. The van der Waals surface area contributed by atoms with Gasteiger partial charge in [0.1, 0.15) is 29.8 Å². The Bertz CT molecular complexity index is 1540. The number of allylic oxidation sites excluding steroid dienone is 1. The van der Waals surface area contributed by atoms with Crippen LogP contribution >= 0.6 is 0 Å². The first-order valence-electron chi connectivity index (χ1n) is 17.2. The number of carbonyl (C=O) groups excluding carboxylic acids is 3. The van der Waals surface area contributed by atoms with Crippen molar-refractivity contribution in [1.29, 1.82) is 0 Å². The molecule has 0 spiro atoms. The van der Waals surface area contributed by atoms with Crippen LogP contribution in [0.4, 0.5) is 4.79 Å². The van der Waals surface area contributed by atoms with Gasteiger partial charge in [-0.25, -0.2) is 9.59 Å². The summed E-state index contributed by atoms with van der Waals surface area (Å²) in [6.07, 6.45) is 11.6. The summed E-state index contributed by atoms with van der Waals surface area (Å²) in [6.45, 7) is 0.0495. The zero-order chi connectivity index (χ0) is 33.5. The van der Waals surface area contributed by atoms with E-state index >= 15 is 0 Å². The molecule has 2 heterocycles. The molecule has 2 aromatic carbocycles. The standard InChI is InChI=1S/C37H44N4O7/c42-33-32-21-29(48-38-23-26-15-9-12-19-30(26)25-13-5-4-6-14-25)24-41(32)34(43)31(39-36(46)47-28-17-10-11-18-28)20-8-3-1-2-7-16-27-22-37(27,40-33)35(44)45/h4-7,9,12-16,19,23,27-29,31-32H,1-3,8,10-11,17-18,20-22,24H2,(H,39,46)(H,40,42)(H,44,45)/b16-7-,38-23+/t27?,29-,31+,32+,37-/m1/s1. The van der Waals surface area contributed by atoms with Crippen LogP contribution in [0.2, 0.25) is 0 Å². The normalized spacial score (nSPS) is 28.8. The predicted octanol–water partition coefficient (Wildman–Crippen LogP) is 5.19. The second-order valence-corrected chi connectivity index (χ2v) is 13.3. The van der Waals surface area contributed by atoms with Gasteiger partial charge < -0.3 is 30.2 Å². The van der Waals surface area contributed by atoms with Crippen LogP contribution in [0.15, 0.2) is 71.9 Å². The van der Waals surface area contributed by atoms with Crippen molar-refractivity contribution >= 4 is 30.1 Å². The van der Waals surface area contributed by atoms with Gasteiger partial charge in [0.25, 0.3) is 0 Å². The van der Waals surface area contributed by atoms with Crippen molar-refractivity contribution in [3.63, 3.8) is 0 Å². The van der Waals surface area contributed by atoms with Crippen molar-refractivity contribution in [2.75, 3.05) is 6.54 Å². The molecule has 254 valence electrons. The number of rotatable bonds is 7. The number of fused-ring (bicyclic) bond motifs is 2. The summed E-state index contributed by atoms with van der Waals surface area (Å²) in [4.78, 5) is 60.6. The molecule has 2 aliphatic heterocycles. The van der Waals surface area contributed by atoms with E-state index in [-0.39, 0.29) is 31.4 Å². The number of hydrogen-bond acceptors (Lipinski definition) is 7. The number of ether oxygens (including phenoxy) is 1. The predicted molar refractivity (Wildman–Crippen MR) is 179 cm³/mol. The van der Waals surface area contributed by atoms with Crippen LogP contribution in [0.1, 0.15) is 76.2 Å². The Balaban J connectivity index is 1.22. The molecule has 0 bridgehead atoms. The molecule has 3 amide bonds. The van der Waals surface area contributed by atoms with E-state index in [1.807, 2.05) is 66.7 Å². The highest BCUT2D eigenvalue weighted by Crippen LogP contribution is 2.45. The van der Waals surface area contributed by atoms with Gasteiger partial charge in [0.05, 0.1) is 12.8 Å². The maximum Gasteiger partial charge on any atom is 0.408 e. The lowest BCUT2D eigenvalue weighted by Gasteiger charge is -2.29. The average Bonchev–Trinajstić information content (AvgIpc) is 3.37. The highest BCUT2D eigenvalue weighted by molar-refractivity contribution is 5.96. The molecular weight excluding hydrogens is 612 g/mol. The summed E-state index contributed by atoms with van der Waals surface area (Å²) < 4.78 is 5.62. The molecule has 1 unspecified atom stereocenters. The summed E-state index contributed by atoms with van der Waals surface area (Å²) >= 11 is 0. The van der Waals surface area contributed by atoms with Gasteiger partial charge in [0.2, 0.25) is 11.8 Å². The van der Waals surface area contributed by atoms with Crippen LogP contribution in [0.25, 0.3) is 11.1 Å². The summed E-state index contributed by atoms with van der Waals surface area (Å²) in [6, 6.07) is 15.8. The summed E-state index contributed by atoms with van der Waals surface area (Å²) in [5.74, 6) is -2.41. The largest absolute Gasteiger partial charge is 0.479 e. The van der Waals surface area contributed by atoms with Crippen LogP contribution in [0.3, 0.4) is 0 Å². The Labute approximate surface area is 280 Å². The Morgan fingerprint density at radius 1 is 0.958 bits per heavy atom. The molecule has 0 radical (unpaired) electrons. The third-order valence-corrected chi connectivity index (χ3v) is 9.94. The number of nitrogens with one attached hydrogen (secondary N) is 2. The summed E-state index contributed by atoms with van der Waals surface area (Å²) in [7, 11) is 0. The molecule has 3 N–H and O–H groups in total. The quantitative estimate of drug-likeness (QED) is 0.211. The monoisotopic (exact) mass is 656 g/mol. The van der Waals surface area contributed by atoms with Gasteiger partial charge >= 0.3 is 12.1 Å². The first-order valence-corrected chi connectivity index (χ1v) is 17.2. The lowest BCUT2D eigenvalue weighted by molar-refractivity contribution is -0.145. The first kappa shape index (κ1) is 33.2. The Morgan fingerprint density at radius 3 is 2.50 bits per heavy atom. The molecule has 2 aliphatic carbocycles. The Morgan fingerprint density at radius 2 is 1.71 bits per heavy atom. The number of hydrogen-bond donors (Lipinski definition) is 3. The molecule has 48 heavy (non-hydrogen) atoms. The molecule has 6 rings (SSSR count). The SMILES string of the molecule is O=C(N[C@H]1CCCCC/C=C\C2C[C@@]2(C(=O)O)NC(=O)[C@@H]2C[C@@H](O/N=C/c3ccccc3-c3ccccc3)CN2C1=O)OC1CCCC1. The van der Waals surface area contributed by atoms with Crippen molar-refractivity contribution in [2.24, 2.45) is 11.1 Å². The number of carboxylic acid groups (broad SMARTS) is 1. The van der Waals surface area contributed by atoms with Crippen LogP contribution in [-0.4, -0.2) is 76.5 Å². The van der Waals surface area contributed by atoms with E-state index in [1.165, 1.54) is 4.90 Å². The number of amides is 3. The van der Waals surface area contributed by atoms with E-state index in [4.69, 9.17) is 9.57 Å². The van der Waals surface area contributed by atoms with Crippen LogP contribution < -0.4 is 10.6 Å². The number of benzene rings is 2. The van der Waals surface area contributed by atoms with E-state index in [1.54, 1.807) is 6.21 Å². The van der Waals surface area contributed by atoms with E-state index in [9.17, 15) is 24.3 Å². The zero-order valence-electron chi connectivity index (χ0n) is 27.1. The second-order valence-electron chi connectivity index (χ2n) is 13.3. The van der Waals surface area contributed by atoms with Crippen molar-refractivity contribution in [3.05, 3.63) is 72.3 Å². The minimum Gasteiger partial charge on any atom is -0.479 e. The number of carbonyl (C=O) groups is 4. The van der Waals surface area contributed by atoms with E-state index in [2.05, 4.69) is 15.8 Å². The fourth-order valence-corrected chi connectivity index (χ4v) is 7.14. The molecule has 2 aromatic rings.